The molecule has 0 aliphatic heterocycles. The molecule has 12 heavy (non-hydrogen) atoms. The topological polar surface area (TPSA) is 0 Å². The first-order valence-electron chi connectivity index (χ1n) is 4.19. The van der Waals surface area contributed by atoms with Crippen molar-refractivity contribution in [3.05, 3.63) is 21.9 Å². The Morgan fingerprint density at radius 1 is 1.33 bits per heavy atom. The lowest BCUT2D eigenvalue weighted by atomic mass is 9.95. The summed E-state index contributed by atoms with van der Waals surface area (Å²) in [4.78, 5) is 2.81. The van der Waals surface area contributed by atoms with Crippen LogP contribution in [-0.2, 0) is 5.41 Å². The molecule has 0 saturated carbocycles. The standard InChI is InChI=1S/C10H16S2/c1-7(11)8-5-6-9(12-8)10(2,3)4/h5-7,11H,1-4H3. The lowest BCUT2D eigenvalue weighted by Gasteiger charge is -2.15. The largest absolute Gasteiger partial charge is 0.171 e. The minimum absolute atomic E-state index is 0.283. The summed E-state index contributed by atoms with van der Waals surface area (Å²) in [6.07, 6.45) is 0. The summed E-state index contributed by atoms with van der Waals surface area (Å²) in [5, 5.41) is 0.367. The average Bonchev–Trinajstić information content (AvgIpc) is 2.30. The van der Waals surface area contributed by atoms with E-state index in [0.717, 1.165) is 0 Å². The molecule has 1 aromatic heterocycles. The van der Waals surface area contributed by atoms with Crippen LogP contribution in [0.4, 0.5) is 0 Å². The Labute approximate surface area is 84.4 Å². The minimum atomic E-state index is 0.283. The van der Waals surface area contributed by atoms with Gasteiger partial charge in [0.25, 0.3) is 0 Å². The molecule has 0 fully saturated rings. The molecule has 0 nitrogen and oxygen atoms in total. The molecule has 1 atom stereocenters. The third kappa shape index (κ3) is 2.27. The van der Waals surface area contributed by atoms with Gasteiger partial charge in [-0.15, -0.1) is 11.3 Å². The van der Waals surface area contributed by atoms with Crippen LogP contribution in [0.1, 0.15) is 42.7 Å². The van der Waals surface area contributed by atoms with Gasteiger partial charge in [0.1, 0.15) is 0 Å². The highest BCUT2D eigenvalue weighted by atomic mass is 32.1. The smallest absolute Gasteiger partial charge is 0.0332 e. The first kappa shape index (κ1) is 10.1. The summed E-state index contributed by atoms with van der Waals surface area (Å²) in [6, 6.07) is 4.40. The molecule has 0 aliphatic carbocycles. The Hall–Kier alpha value is 0.0500. The molecule has 0 aliphatic rings. The molecule has 1 unspecified atom stereocenters. The highest BCUT2D eigenvalue weighted by Gasteiger charge is 2.16. The van der Waals surface area contributed by atoms with Crippen LogP contribution < -0.4 is 0 Å². The lowest BCUT2D eigenvalue weighted by Crippen LogP contribution is -2.07. The maximum Gasteiger partial charge on any atom is 0.0332 e. The summed E-state index contributed by atoms with van der Waals surface area (Å²) in [6.45, 7) is 8.84. The van der Waals surface area contributed by atoms with E-state index < -0.39 is 0 Å². The van der Waals surface area contributed by atoms with Gasteiger partial charge in [-0.05, 0) is 24.5 Å². The first-order valence-corrected chi connectivity index (χ1v) is 5.53. The quantitative estimate of drug-likeness (QED) is 0.650. The van der Waals surface area contributed by atoms with Crippen LogP contribution in [0.3, 0.4) is 0 Å². The molecule has 0 bridgehead atoms. The predicted octanol–water partition coefficient (Wildman–Crippen LogP) is 4.04. The van der Waals surface area contributed by atoms with Crippen molar-refractivity contribution in [2.24, 2.45) is 0 Å². The van der Waals surface area contributed by atoms with Crippen molar-refractivity contribution in [1.82, 2.24) is 0 Å². The third-order valence-corrected chi connectivity index (χ3v) is 3.92. The number of rotatable bonds is 1. The number of thiophene rings is 1. The molecule has 0 spiro atoms. The number of thiol groups is 1. The van der Waals surface area contributed by atoms with E-state index in [1.807, 2.05) is 11.3 Å². The van der Waals surface area contributed by atoms with Gasteiger partial charge in [-0.2, -0.15) is 12.6 Å². The molecule has 0 saturated heterocycles. The van der Waals surface area contributed by atoms with E-state index in [9.17, 15) is 0 Å². The van der Waals surface area contributed by atoms with Crippen molar-refractivity contribution in [2.45, 2.75) is 38.4 Å². The Kier molecular flexibility index (Phi) is 2.89. The molecule has 1 heterocycles. The van der Waals surface area contributed by atoms with Gasteiger partial charge in [0, 0.05) is 15.0 Å². The fourth-order valence-corrected chi connectivity index (χ4v) is 2.23. The van der Waals surface area contributed by atoms with Crippen LogP contribution in [0.5, 0.6) is 0 Å². The summed E-state index contributed by atoms with van der Waals surface area (Å²) in [5.74, 6) is 0. The van der Waals surface area contributed by atoms with Crippen LogP contribution in [0, 0.1) is 0 Å². The molecule has 68 valence electrons. The fraction of sp³-hybridized carbons (Fsp3) is 0.600. The summed E-state index contributed by atoms with van der Waals surface area (Å²) < 4.78 is 0. The van der Waals surface area contributed by atoms with E-state index in [-0.39, 0.29) is 5.41 Å². The van der Waals surface area contributed by atoms with Gasteiger partial charge < -0.3 is 0 Å². The zero-order chi connectivity index (χ0) is 9.35. The van der Waals surface area contributed by atoms with E-state index in [2.05, 4.69) is 52.5 Å². The molecule has 2 heteroatoms. The second-order valence-electron chi connectivity index (χ2n) is 4.13. The first-order chi connectivity index (χ1) is 5.41. The second-order valence-corrected chi connectivity index (χ2v) is 6.02. The van der Waals surface area contributed by atoms with Crippen LogP contribution >= 0.6 is 24.0 Å². The second kappa shape index (κ2) is 3.43. The summed E-state index contributed by atoms with van der Waals surface area (Å²) >= 11 is 6.28. The Bertz CT molecular complexity index is 253. The molecule has 1 aromatic rings. The molecule has 0 aromatic carbocycles. The van der Waals surface area contributed by atoms with Crippen LogP contribution in [0.25, 0.3) is 0 Å². The zero-order valence-corrected chi connectivity index (χ0v) is 9.80. The maximum absolute atomic E-state index is 4.41. The van der Waals surface area contributed by atoms with Crippen molar-refractivity contribution >= 4 is 24.0 Å². The van der Waals surface area contributed by atoms with Crippen molar-refractivity contribution in [2.75, 3.05) is 0 Å². The molecular formula is C10H16S2. The van der Waals surface area contributed by atoms with E-state index >= 15 is 0 Å². The highest BCUT2D eigenvalue weighted by Crippen LogP contribution is 2.33. The zero-order valence-electron chi connectivity index (χ0n) is 8.09. The fourth-order valence-electron chi connectivity index (χ4n) is 0.980. The van der Waals surface area contributed by atoms with Crippen LogP contribution in [-0.4, -0.2) is 0 Å². The van der Waals surface area contributed by atoms with Gasteiger partial charge in [-0.25, -0.2) is 0 Å². The van der Waals surface area contributed by atoms with E-state index in [0.29, 0.717) is 5.25 Å². The van der Waals surface area contributed by atoms with Gasteiger partial charge in [-0.1, -0.05) is 20.8 Å². The number of hydrogen-bond donors (Lipinski definition) is 1. The Balaban J connectivity index is 2.92. The molecular weight excluding hydrogens is 184 g/mol. The molecule has 0 N–H and O–H groups in total. The van der Waals surface area contributed by atoms with Crippen molar-refractivity contribution in [3.8, 4) is 0 Å². The van der Waals surface area contributed by atoms with E-state index in [1.54, 1.807) is 0 Å². The molecule has 1 rings (SSSR count). The highest BCUT2D eigenvalue weighted by molar-refractivity contribution is 7.80. The summed E-state index contributed by atoms with van der Waals surface area (Å²) in [5.41, 5.74) is 0.283. The Morgan fingerprint density at radius 2 is 1.92 bits per heavy atom. The molecule has 0 amide bonds. The monoisotopic (exact) mass is 200 g/mol. The lowest BCUT2D eigenvalue weighted by molar-refractivity contribution is 0.604. The van der Waals surface area contributed by atoms with Crippen LogP contribution in [0.15, 0.2) is 12.1 Å². The average molecular weight is 200 g/mol. The Morgan fingerprint density at radius 3 is 2.17 bits per heavy atom. The van der Waals surface area contributed by atoms with Gasteiger partial charge >= 0.3 is 0 Å². The number of hydrogen-bond acceptors (Lipinski definition) is 2. The maximum atomic E-state index is 4.41. The van der Waals surface area contributed by atoms with Crippen LogP contribution in [0.2, 0.25) is 0 Å². The normalized spacial score (nSPS) is 14.8. The summed E-state index contributed by atoms with van der Waals surface area (Å²) in [7, 11) is 0. The van der Waals surface area contributed by atoms with Gasteiger partial charge in [0.2, 0.25) is 0 Å². The predicted molar refractivity (Wildman–Crippen MR) is 60.4 cm³/mol. The van der Waals surface area contributed by atoms with E-state index in [1.165, 1.54) is 9.75 Å². The van der Waals surface area contributed by atoms with Gasteiger partial charge in [0.15, 0.2) is 0 Å². The van der Waals surface area contributed by atoms with E-state index in [4.69, 9.17) is 0 Å². The minimum Gasteiger partial charge on any atom is -0.171 e. The van der Waals surface area contributed by atoms with Crippen molar-refractivity contribution in [3.63, 3.8) is 0 Å². The van der Waals surface area contributed by atoms with Crippen molar-refractivity contribution in [1.29, 1.82) is 0 Å². The van der Waals surface area contributed by atoms with Gasteiger partial charge in [-0.3, -0.25) is 0 Å². The van der Waals surface area contributed by atoms with Crippen molar-refractivity contribution < 1.29 is 0 Å². The SMILES string of the molecule is CC(S)c1ccc(C(C)(C)C)s1. The molecule has 0 radical (unpaired) electrons. The third-order valence-electron chi connectivity index (χ3n) is 1.78. The van der Waals surface area contributed by atoms with Gasteiger partial charge in [0.05, 0.1) is 0 Å².